The zero-order valence-corrected chi connectivity index (χ0v) is 16.8. The molecule has 0 bridgehead atoms. The number of nitrogens with one attached hydrogen (secondary N) is 1. The van der Waals surface area contributed by atoms with E-state index in [9.17, 15) is 4.79 Å². The van der Waals surface area contributed by atoms with E-state index in [1.165, 1.54) is 16.7 Å². The van der Waals surface area contributed by atoms with Crippen molar-refractivity contribution in [1.82, 2.24) is 15.2 Å². The second kappa shape index (κ2) is 8.76. The Morgan fingerprint density at radius 2 is 2.08 bits per heavy atom. The van der Waals surface area contributed by atoms with Crippen LogP contribution in [-0.4, -0.2) is 35.3 Å². The molecule has 2 aromatic rings. The van der Waals surface area contributed by atoms with Crippen LogP contribution in [-0.2, 0) is 6.54 Å². The number of rotatable bonds is 4. The lowest BCUT2D eigenvalue weighted by Crippen LogP contribution is -2.45. The maximum atomic E-state index is 12.1. The predicted molar refractivity (Wildman–Crippen MR) is 108 cm³/mol. The summed E-state index contributed by atoms with van der Waals surface area (Å²) in [6, 6.07) is 6.61. The maximum Gasteiger partial charge on any atom is 0.160 e. The Hall–Kier alpha value is -1.75. The minimum Gasteiger partial charge on any atom is -0.314 e. The van der Waals surface area contributed by atoms with Crippen molar-refractivity contribution in [2.45, 2.75) is 40.3 Å². The van der Waals surface area contributed by atoms with Gasteiger partial charge in [0.25, 0.3) is 0 Å². The summed E-state index contributed by atoms with van der Waals surface area (Å²) < 4.78 is 0. The summed E-state index contributed by atoms with van der Waals surface area (Å²) in [7, 11) is 0. The number of aryl methyl sites for hydroxylation is 2. The highest BCUT2D eigenvalue weighted by molar-refractivity contribution is 5.97. The molecule has 1 aliphatic rings. The van der Waals surface area contributed by atoms with Gasteiger partial charge in [0.2, 0.25) is 0 Å². The number of ketones is 1. The molecular weight excluding hydrogens is 346 g/mol. The molecule has 1 aromatic carbocycles. The zero-order valence-electron chi connectivity index (χ0n) is 16.0. The zero-order chi connectivity index (χ0) is 18.0. The van der Waals surface area contributed by atoms with Crippen molar-refractivity contribution in [3.8, 4) is 0 Å². The van der Waals surface area contributed by atoms with Gasteiger partial charge in [0, 0.05) is 50.2 Å². The molecule has 0 saturated carbocycles. The molecule has 3 rings (SSSR count). The molecule has 26 heavy (non-hydrogen) atoms. The van der Waals surface area contributed by atoms with Gasteiger partial charge in [-0.1, -0.05) is 12.1 Å². The third kappa shape index (κ3) is 4.14. The monoisotopic (exact) mass is 373 g/mol. The van der Waals surface area contributed by atoms with Gasteiger partial charge in [0.05, 0.1) is 0 Å². The summed E-state index contributed by atoms with van der Waals surface area (Å²) >= 11 is 0. The number of hydrogen-bond acceptors (Lipinski definition) is 4. The van der Waals surface area contributed by atoms with Gasteiger partial charge in [0.1, 0.15) is 0 Å². The molecule has 1 saturated heterocycles. The van der Waals surface area contributed by atoms with Gasteiger partial charge in [-0.25, -0.2) is 0 Å². The van der Waals surface area contributed by atoms with E-state index in [0.29, 0.717) is 6.04 Å². The maximum absolute atomic E-state index is 12.1. The number of halogens is 1. The molecule has 0 aliphatic carbocycles. The fraction of sp³-hybridized carbons (Fsp3) is 0.429. The van der Waals surface area contributed by atoms with Crippen LogP contribution < -0.4 is 5.32 Å². The first-order chi connectivity index (χ1) is 12.0. The first kappa shape index (κ1) is 20.6. The van der Waals surface area contributed by atoms with Gasteiger partial charge in [0.15, 0.2) is 5.78 Å². The van der Waals surface area contributed by atoms with Gasteiger partial charge in [-0.15, -0.1) is 12.4 Å². The highest BCUT2D eigenvalue weighted by Crippen LogP contribution is 2.28. The van der Waals surface area contributed by atoms with Crippen LogP contribution in [0.5, 0.6) is 0 Å². The van der Waals surface area contributed by atoms with E-state index in [1.807, 2.05) is 25.4 Å². The van der Waals surface area contributed by atoms with Crippen molar-refractivity contribution in [3.05, 3.63) is 64.0 Å². The Balaban J connectivity index is 0.00000243. The van der Waals surface area contributed by atoms with Crippen LogP contribution in [0.4, 0.5) is 0 Å². The van der Waals surface area contributed by atoms with Crippen LogP contribution in [0.1, 0.15) is 51.1 Å². The third-order valence-corrected chi connectivity index (χ3v) is 5.27. The summed E-state index contributed by atoms with van der Waals surface area (Å²) in [4.78, 5) is 18.9. The minimum atomic E-state index is 0. The number of nitrogens with zero attached hydrogens (tertiary/aromatic N) is 2. The van der Waals surface area contributed by atoms with Crippen LogP contribution in [0.15, 0.2) is 30.6 Å². The number of carbonyl (C=O) groups excluding carboxylic acids is 1. The van der Waals surface area contributed by atoms with Gasteiger partial charge in [-0.05, 0) is 61.6 Å². The van der Waals surface area contributed by atoms with E-state index >= 15 is 0 Å². The van der Waals surface area contributed by atoms with Gasteiger partial charge in [-0.3, -0.25) is 14.7 Å². The molecule has 1 unspecified atom stereocenters. The van der Waals surface area contributed by atoms with E-state index in [1.54, 1.807) is 6.92 Å². The number of aromatic nitrogens is 1. The lowest BCUT2D eigenvalue weighted by Gasteiger charge is -2.37. The average molecular weight is 374 g/mol. The standard InChI is InChI=1S/C21H27N3O.ClH/c1-14-10-15(2)21(17(4)25)16(3)19(14)13-24-9-8-23-12-20(24)18-6-5-7-22-11-18;/h5-7,10-11,20,23H,8-9,12-13H2,1-4H3;1H. The molecule has 0 amide bonds. The molecule has 1 fully saturated rings. The summed E-state index contributed by atoms with van der Waals surface area (Å²) in [6.45, 7) is 11.7. The molecule has 4 nitrogen and oxygen atoms in total. The topological polar surface area (TPSA) is 45.2 Å². The number of piperazine rings is 1. The fourth-order valence-electron chi connectivity index (χ4n) is 4.05. The molecule has 0 radical (unpaired) electrons. The molecule has 1 aliphatic heterocycles. The third-order valence-electron chi connectivity index (χ3n) is 5.27. The number of Topliss-reactive ketones (excluding diaryl/α,β-unsaturated/α-hetero) is 1. The molecule has 1 N–H and O–H groups in total. The Labute approximate surface area is 162 Å². The van der Waals surface area contributed by atoms with Gasteiger partial charge < -0.3 is 5.32 Å². The van der Waals surface area contributed by atoms with Crippen molar-refractivity contribution in [2.24, 2.45) is 0 Å². The number of pyridine rings is 1. The van der Waals surface area contributed by atoms with Crippen LogP contribution >= 0.6 is 12.4 Å². The van der Waals surface area contributed by atoms with Crippen molar-refractivity contribution in [2.75, 3.05) is 19.6 Å². The normalized spacial score (nSPS) is 17.6. The van der Waals surface area contributed by atoms with Crippen molar-refractivity contribution in [3.63, 3.8) is 0 Å². The largest absolute Gasteiger partial charge is 0.314 e. The number of benzene rings is 1. The Morgan fingerprint density at radius 3 is 2.73 bits per heavy atom. The molecule has 5 heteroatoms. The predicted octanol–water partition coefficient (Wildman–Crippen LogP) is 3.78. The summed E-state index contributed by atoms with van der Waals surface area (Å²) in [6.07, 6.45) is 3.78. The number of hydrogen-bond donors (Lipinski definition) is 1. The van der Waals surface area contributed by atoms with Crippen molar-refractivity contribution in [1.29, 1.82) is 0 Å². The first-order valence-electron chi connectivity index (χ1n) is 8.94. The van der Waals surface area contributed by atoms with Crippen LogP contribution in [0, 0.1) is 20.8 Å². The number of carbonyl (C=O) groups is 1. The van der Waals surface area contributed by atoms with E-state index in [-0.39, 0.29) is 18.2 Å². The van der Waals surface area contributed by atoms with Crippen molar-refractivity contribution < 1.29 is 4.79 Å². The second-order valence-corrected chi connectivity index (χ2v) is 7.02. The lowest BCUT2D eigenvalue weighted by molar-refractivity contribution is 0.101. The summed E-state index contributed by atoms with van der Waals surface area (Å²) in [5.74, 6) is 0.153. The average Bonchev–Trinajstić information content (AvgIpc) is 2.59. The Morgan fingerprint density at radius 1 is 1.31 bits per heavy atom. The van der Waals surface area contributed by atoms with E-state index in [2.05, 4.69) is 41.2 Å². The molecule has 0 spiro atoms. The van der Waals surface area contributed by atoms with E-state index < -0.39 is 0 Å². The molecular formula is C21H28ClN3O. The smallest absolute Gasteiger partial charge is 0.160 e. The van der Waals surface area contributed by atoms with E-state index in [4.69, 9.17) is 0 Å². The molecule has 2 heterocycles. The second-order valence-electron chi connectivity index (χ2n) is 7.02. The molecule has 1 atom stereocenters. The molecule has 140 valence electrons. The SMILES string of the molecule is CC(=O)c1c(C)cc(C)c(CN2CCNCC2c2cccnc2)c1C.Cl. The first-order valence-corrected chi connectivity index (χ1v) is 8.94. The highest BCUT2D eigenvalue weighted by atomic mass is 35.5. The van der Waals surface area contributed by atoms with Gasteiger partial charge >= 0.3 is 0 Å². The van der Waals surface area contributed by atoms with Crippen molar-refractivity contribution >= 4 is 18.2 Å². The lowest BCUT2D eigenvalue weighted by atomic mass is 9.90. The van der Waals surface area contributed by atoms with Crippen LogP contribution in [0.25, 0.3) is 0 Å². The van der Waals surface area contributed by atoms with Crippen LogP contribution in [0.3, 0.4) is 0 Å². The molecule has 1 aromatic heterocycles. The van der Waals surface area contributed by atoms with E-state index in [0.717, 1.165) is 42.9 Å². The van der Waals surface area contributed by atoms with Gasteiger partial charge in [-0.2, -0.15) is 0 Å². The summed E-state index contributed by atoms with van der Waals surface area (Å²) in [5, 5.41) is 3.49. The summed E-state index contributed by atoms with van der Waals surface area (Å²) in [5.41, 5.74) is 6.89. The fourth-order valence-corrected chi connectivity index (χ4v) is 4.05. The Kier molecular flexibility index (Phi) is 6.93. The Bertz CT molecular complexity index is 777. The quantitative estimate of drug-likeness (QED) is 0.828. The van der Waals surface area contributed by atoms with Crippen LogP contribution in [0.2, 0.25) is 0 Å². The minimum absolute atomic E-state index is 0. The highest BCUT2D eigenvalue weighted by Gasteiger charge is 2.25.